The van der Waals surface area contributed by atoms with Gasteiger partial charge in [-0.05, 0) is 31.2 Å². The van der Waals surface area contributed by atoms with Gasteiger partial charge in [-0.3, -0.25) is 4.79 Å². The molecule has 0 amide bonds. The fourth-order valence-corrected chi connectivity index (χ4v) is 2.79. The van der Waals surface area contributed by atoms with E-state index in [2.05, 4.69) is 6.92 Å². The monoisotopic (exact) mass is 355 g/mol. The molecule has 2 unspecified atom stereocenters. The minimum absolute atomic E-state index is 0.198. The Morgan fingerprint density at radius 2 is 1.88 bits per heavy atom. The van der Waals surface area contributed by atoms with Crippen LogP contribution >= 0.6 is 11.6 Å². The normalized spacial score (nSPS) is 15.0. The van der Waals surface area contributed by atoms with Crippen molar-refractivity contribution in [1.29, 1.82) is 0 Å². The molecule has 0 aliphatic heterocycles. The molecule has 0 spiro atoms. The van der Waals surface area contributed by atoms with Crippen molar-refractivity contribution in [2.24, 2.45) is 5.73 Å². The van der Waals surface area contributed by atoms with Crippen LogP contribution < -0.4 is 5.73 Å². The van der Waals surface area contributed by atoms with Crippen molar-refractivity contribution in [3.8, 4) is 0 Å². The van der Waals surface area contributed by atoms with Crippen LogP contribution in [-0.4, -0.2) is 33.7 Å². The molecule has 0 fully saturated rings. The van der Waals surface area contributed by atoms with E-state index in [1.54, 1.807) is 0 Å². The number of alkyl halides is 1. The highest BCUT2D eigenvalue weighted by Gasteiger charge is 2.31. The Hall–Kier alpha value is -0.940. The van der Waals surface area contributed by atoms with Gasteiger partial charge in [0, 0.05) is 12.0 Å². The third-order valence-electron chi connectivity index (χ3n) is 4.41. The summed E-state index contributed by atoms with van der Waals surface area (Å²) in [6, 6.07) is 7.65. The summed E-state index contributed by atoms with van der Waals surface area (Å²) < 4.78 is 0. The van der Waals surface area contributed by atoms with Crippen molar-refractivity contribution in [3.05, 3.63) is 35.4 Å². The quantitative estimate of drug-likeness (QED) is 0.305. The molecule has 0 aliphatic rings. The molecule has 0 aliphatic carbocycles. The highest BCUT2D eigenvalue weighted by molar-refractivity contribution is 6.20. The maximum Gasteiger partial charge on any atom is 0.162 e. The van der Waals surface area contributed by atoms with Crippen molar-refractivity contribution in [2.75, 3.05) is 6.61 Å². The molecular formula is C19H30ClNO3. The molecule has 5 heteroatoms. The van der Waals surface area contributed by atoms with E-state index in [-0.39, 0.29) is 12.4 Å². The molecule has 1 aromatic carbocycles. The van der Waals surface area contributed by atoms with Crippen LogP contribution in [-0.2, 0) is 6.42 Å². The molecule has 1 aromatic rings. The topological polar surface area (TPSA) is 83.6 Å². The average Bonchev–Trinajstić information content (AvgIpc) is 2.58. The summed E-state index contributed by atoms with van der Waals surface area (Å²) in [5.41, 5.74) is 5.28. The summed E-state index contributed by atoms with van der Waals surface area (Å²) in [7, 11) is 0. The minimum atomic E-state index is -1.27. The van der Waals surface area contributed by atoms with Gasteiger partial charge in [-0.15, -0.1) is 0 Å². The van der Waals surface area contributed by atoms with Gasteiger partial charge in [-0.2, -0.15) is 0 Å². The number of nitrogens with two attached hydrogens (primary N) is 1. The summed E-state index contributed by atoms with van der Waals surface area (Å²) in [5.74, 6) is 0.198. The smallest absolute Gasteiger partial charge is 0.162 e. The standard InChI is InChI=1S/C19H30ClNO3/c1-2-3-4-5-8-17(23)16-11-9-15(10-12-16)7-6-13-19(21,14-22)18(20)24/h9-12,18,22,24H,2-8,13-14,21H2,1H3. The first-order valence-corrected chi connectivity index (χ1v) is 9.20. The fraction of sp³-hybridized carbons (Fsp3) is 0.632. The van der Waals surface area contributed by atoms with Gasteiger partial charge < -0.3 is 15.9 Å². The van der Waals surface area contributed by atoms with Crippen molar-refractivity contribution < 1.29 is 15.0 Å². The third-order valence-corrected chi connectivity index (χ3v) is 4.84. The number of unbranched alkanes of at least 4 members (excludes halogenated alkanes) is 3. The van der Waals surface area contributed by atoms with E-state index in [0.29, 0.717) is 19.3 Å². The van der Waals surface area contributed by atoms with Crippen molar-refractivity contribution in [2.45, 2.75) is 69.4 Å². The number of rotatable bonds is 12. The highest BCUT2D eigenvalue weighted by Crippen LogP contribution is 2.19. The first-order chi connectivity index (χ1) is 11.4. The lowest BCUT2D eigenvalue weighted by Gasteiger charge is -2.28. The van der Waals surface area contributed by atoms with Gasteiger partial charge in [0.05, 0.1) is 12.1 Å². The van der Waals surface area contributed by atoms with Gasteiger partial charge in [0.15, 0.2) is 5.78 Å². The van der Waals surface area contributed by atoms with Crippen LogP contribution in [0.1, 0.15) is 67.8 Å². The number of carbonyl (C=O) groups is 1. The average molecular weight is 356 g/mol. The molecule has 24 heavy (non-hydrogen) atoms. The zero-order valence-corrected chi connectivity index (χ0v) is 15.3. The lowest BCUT2D eigenvalue weighted by Crippen LogP contribution is -2.51. The van der Waals surface area contributed by atoms with Crippen LogP contribution in [0.15, 0.2) is 24.3 Å². The molecule has 2 atom stereocenters. The van der Waals surface area contributed by atoms with Crippen molar-refractivity contribution in [3.63, 3.8) is 0 Å². The Morgan fingerprint density at radius 1 is 1.21 bits per heavy atom. The molecule has 4 nitrogen and oxygen atoms in total. The minimum Gasteiger partial charge on any atom is -0.394 e. The predicted octanol–water partition coefficient (Wildman–Crippen LogP) is 3.41. The number of aryl methyl sites for hydroxylation is 1. The fourth-order valence-electron chi connectivity index (χ4n) is 2.61. The largest absolute Gasteiger partial charge is 0.394 e. The summed E-state index contributed by atoms with van der Waals surface area (Å²) in [5, 5.41) is 18.7. The molecule has 4 N–H and O–H groups in total. The maximum atomic E-state index is 12.1. The number of benzene rings is 1. The number of halogens is 1. The lowest BCUT2D eigenvalue weighted by atomic mass is 9.93. The second-order valence-electron chi connectivity index (χ2n) is 6.51. The van der Waals surface area contributed by atoms with Crippen molar-refractivity contribution in [1.82, 2.24) is 0 Å². The predicted molar refractivity (Wildman–Crippen MR) is 98.3 cm³/mol. The van der Waals surface area contributed by atoms with E-state index >= 15 is 0 Å². The molecule has 0 heterocycles. The molecule has 136 valence electrons. The van der Waals surface area contributed by atoms with Crippen LogP contribution in [0.4, 0.5) is 0 Å². The van der Waals surface area contributed by atoms with Crippen LogP contribution in [0.25, 0.3) is 0 Å². The number of aliphatic hydroxyl groups is 2. The maximum absolute atomic E-state index is 12.1. The SMILES string of the molecule is CCCCCCC(=O)c1ccc(CCCC(N)(CO)C(O)Cl)cc1. The van der Waals surface area contributed by atoms with Crippen LogP contribution in [0, 0.1) is 0 Å². The Bertz CT molecular complexity index is 490. The Kier molecular flexibility index (Phi) is 9.52. The van der Waals surface area contributed by atoms with E-state index in [9.17, 15) is 15.0 Å². The van der Waals surface area contributed by atoms with Gasteiger partial charge in [0.2, 0.25) is 0 Å². The Labute approximate surface area is 150 Å². The van der Waals surface area contributed by atoms with E-state index in [1.807, 2.05) is 24.3 Å². The van der Waals surface area contributed by atoms with E-state index in [1.165, 1.54) is 12.8 Å². The lowest BCUT2D eigenvalue weighted by molar-refractivity contribution is 0.0870. The second-order valence-corrected chi connectivity index (χ2v) is 6.92. The number of hydrogen-bond acceptors (Lipinski definition) is 4. The molecular weight excluding hydrogens is 326 g/mol. The van der Waals surface area contributed by atoms with E-state index in [4.69, 9.17) is 17.3 Å². The summed E-state index contributed by atoms with van der Waals surface area (Å²) in [4.78, 5) is 12.1. The van der Waals surface area contributed by atoms with Crippen LogP contribution in [0.5, 0.6) is 0 Å². The number of Topliss-reactive ketones (excluding diaryl/α,β-unsaturated/α-hetero) is 1. The van der Waals surface area contributed by atoms with E-state index in [0.717, 1.165) is 30.4 Å². The van der Waals surface area contributed by atoms with Crippen molar-refractivity contribution >= 4 is 17.4 Å². The molecule has 0 bridgehead atoms. The third kappa shape index (κ3) is 6.89. The zero-order chi connectivity index (χ0) is 18.0. The number of ketones is 1. The number of aliphatic hydroxyl groups excluding tert-OH is 2. The molecule has 0 aromatic heterocycles. The van der Waals surface area contributed by atoms with Gasteiger partial charge in [-0.25, -0.2) is 0 Å². The van der Waals surface area contributed by atoms with Gasteiger partial charge in [0.1, 0.15) is 5.56 Å². The summed E-state index contributed by atoms with van der Waals surface area (Å²) in [6.07, 6.45) is 6.90. The van der Waals surface area contributed by atoms with Gasteiger partial charge in [-0.1, -0.05) is 62.1 Å². The first-order valence-electron chi connectivity index (χ1n) is 8.77. The summed E-state index contributed by atoms with van der Waals surface area (Å²) in [6.45, 7) is 1.80. The zero-order valence-electron chi connectivity index (χ0n) is 14.5. The highest BCUT2D eigenvalue weighted by atomic mass is 35.5. The molecule has 0 radical (unpaired) electrons. The molecule has 1 rings (SSSR count). The number of carbonyl (C=O) groups excluding carboxylic acids is 1. The molecule has 0 saturated heterocycles. The molecule has 0 saturated carbocycles. The number of hydrogen-bond donors (Lipinski definition) is 3. The summed E-state index contributed by atoms with van der Waals surface area (Å²) >= 11 is 5.62. The first kappa shape index (κ1) is 21.1. The van der Waals surface area contributed by atoms with Crippen LogP contribution in [0.3, 0.4) is 0 Å². The van der Waals surface area contributed by atoms with Gasteiger partial charge in [0.25, 0.3) is 0 Å². The Morgan fingerprint density at radius 3 is 2.42 bits per heavy atom. The van der Waals surface area contributed by atoms with E-state index < -0.39 is 11.1 Å². The Balaban J connectivity index is 2.43. The van der Waals surface area contributed by atoms with Gasteiger partial charge >= 0.3 is 0 Å². The van der Waals surface area contributed by atoms with Crippen LogP contribution in [0.2, 0.25) is 0 Å². The second kappa shape index (κ2) is 10.8.